The Balaban J connectivity index is 2.26. The van der Waals surface area contributed by atoms with Crippen LogP contribution in [-0.2, 0) is 19.1 Å². The lowest BCUT2D eigenvalue weighted by Gasteiger charge is -2.17. The van der Waals surface area contributed by atoms with Crippen LogP contribution in [0.25, 0.3) is 5.57 Å². The largest absolute Gasteiger partial charge is 0.466 e. The Bertz CT molecular complexity index is 786. The highest BCUT2D eigenvalue weighted by Crippen LogP contribution is 2.51. The predicted molar refractivity (Wildman–Crippen MR) is 97.3 cm³/mol. The van der Waals surface area contributed by atoms with E-state index in [0.717, 1.165) is 42.6 Å². The van der Waals surface area contributed by atoms with Crippen LogP contribution in [-0.4, -0.2) is 26.2 Å². The molecule has 5 heteroatoms. The highest BCUT2D eigenvalue weighted by atomic mass is 16.5. The van der Waals surface area contributed by atoms with Gasteiger partial charge >= 0.3 is 11.9 Å². The molecule has 0 bridgehead atoms. The summed E-state index contributed by atoms with van der Waals surface area (Å²) in [6, 6.07) is 1.89. The molecule has 0 aliphatic heterocycles. The minimum absolute atomic E-state index is 0.303. The topological polar surface area (TPSA) is 65.7 Å². The van der Waals surface area contributed by atoms with E-state index in [-0.39, 0.29) is 0 Å². The number of esters is 2. The second kappa shape index (κ2) is 7.14. The molecule has 0 aromatic carbocycles. The van der Waals surface area contributed by atoms with E-state index in [1.165, 1.54) is 14.2 Å². The van der Waals surface area contributed by atoms with Gasteiger partial charge in [-0.15, -0.1) is 0 Å². The number of rotatable bonds is 6. The van der Waals surface area contributed by atoms with Crippen molar-refractivity contribution in [3.8, 4) is 0 Å². The average molecular weight is 358 g/mol. The lowest BCUT2D eigenvalue weighted by atomic mass is 9.88. The fourth-order valence-corrected chi connectivity index (χ4v) is 3.68. The normalized spacial score (nSPS) is 17.4. The first-order chi connectivity index (χ1) is 12.4. The summed E-state index contributed by atoms with van der Waals surface area (Å²) >= 11 is 0. The molecular formula is C21H26O5. The summed E-state index contributed by atoms with van der Waals surface area (Å²) in [5.41, 5.74) is 3.28. The molecule has 2 fully saturated rings. The molecule has 3 rings (SSSR count). The monoisotopic (exact) mass is 358 g/mol. The van der Waals surface area contributed by atoms with Gasteiger partial charge in [-0.1, -0.05) is 0 Å². The highest BCUT2D eigenvalue weighted by molar-refractivity contribution is 6.12. The van der Waals surface area contributed by atoms with Crippen LogP contribution < -0.4 is 0 Å². The summed E-state index contributed by atoms with van der Waals surface area (Å²) in [5, 5.41) is 0. The Hall–Kier alpha value is -2.30. The number of carbonyl (C=O) groups is 2. The van der Waals surface area contributed by atoms with Crippen LogP contribution in [0, 0.1) is 25.7 Å². The quantitative estimate of drug-likeness (QED) is 0.434. The highest BCUT2D eigenvalue weighted by Gasteiger charge is 2.42. The minimum Gasteiger partial charge on any atom is -0.466 e. The Labute approximate surface area is 154 Å². The maximum Gasteiger partial charge on any atom is 0.339 e. The first kappa shape index (κ1) is 18.5. The number of methoxy groups -OCH3 is 2. The fourth-order valence-electron chi connectivity index (χ4n) is 3.68. The van der Waals surface area contributed by atoms with Crippen molar-refractivity contribution in [2.45, 2.75) is 46.5 Å². The van der Waals surface area contributed by atoms with Gasteiger partial charge in [0.2, 0.25) is 0 Å². The minimum atomic E-state index is -0.514. The molecular weight excluding hydrogens is 332 g/mol. The third kappa shape index (κ3) is 3.48. The van der Waals surface area contributed by atoms with Gasteiger partial charge in [-0.2, -0.15) is 0 Å². The zero-order chi connectivity index (χ0) is 19.0. The van der Waals surface area contributed by atoms with Crippen molar-refractivity contribution < 1.29 is 23.5 Å². The van der Waals surface area contributed by atoms with Crippen LogP contribution in [0.2, 0.25) is 0 Å². The third-order valence-corrected chi connectivity index (χ3v) is 5.17. The molecule has 0 unspecified atom stereocenters. The summed E-state index contributed by atoms with van der Waals surface area (Å²) in [4.78, 5) is 25.5. The van der Waals surface area contributed by atoms with Gasteiger partial charge in [-0.3, -0.25) is 0 Å². The van der Waals surface area contributed by atoms with Gasteiger partial charge in [-0.05, 0) is 75.5 Å². The standard InChI is InChI=1S/C21H26O5/c1-11-10-16(13(3)26-11)12(2)17(20(22)24-4)19(21(23)25-5)18(14-6-7-14)15-8-9-15/h10,14-15H,6-9H2,1-5H3/b17-12+. The molecule has 0 atom stereocenters. The number of allylic oxidation sites excluding steroid dienone is 2. The first-order valence-corrected chi connectivity index (χ1v) is 9.08. The van der Waals surface area contributed by atoms with Crippen molar-refractivity contribution in [2.75, 3.05) is 14.2 Å². The van der Waals surface area contributed by atoms with E-state index in [1.54, 1.807) is 0 Å². The first-order valence-electron chi connectivity index (χ1n) is 9.08. The van der Waals surface area contributed by atoms with Crippen molar-refractivity contribution in [1.29, 1.82) is 0 Å². The van der Waals surface area contributed by atoms with Gasteiger partial charge in [0, 0.05) is 5.56 Å². The lowest BCUT2D eigenvalue weighted by Crippen LogP contribution is -2.19. The predicted octanol–water partition coefficient (Wildman–Crippen LogP) is 4.13. The fraction of sp³-hybridized carbons (Fsp3) is 0.524. The summed E-state index contributed by atoms with van der Waals surface area (Å²) in [5.74, 6) is 1.24. The molecule has 5 nitrogen and oxygen atoms in total. The molecule has 0 radical (unpaired) electrons. The maximum absolute atomic E-state index is 12.8. The number of hydrogen-bond donors (Lipinski definition) is 0. The third-order valence-electron chi connectivity index (χ3n) is 5.17. The number of hydrogen-bond acceptors (Lipinski definition) is 5. The van der Waals surface area contributed by atoms with Gasteiger partial charge in [0.15, 0.2) is 0 Å². The van der Waals surface area contributed by atoms with E-state index < -0.39 is 11.9 Å². The summed E-state index contributed by atoms with van der Waals surface area (Å²) < 4.78 is 15.8. The molecule has 2 aliphatic rings. The number of aryl methyl sites for hydroxylation is 2. The second-order valence-electron chi connectivity index (χ2n) is 7.19. The van der Waals surface area contributed by atoms with Gasteiger partial charge in [0.1, 0.15) is 11.5 Å². The smallest absolute Gasteiger partial charge is 0.339 e. The van der Waals surface area contributed by atoms with E-state index in [0.29, 0.717) is 34.3 Å². The van der Waals surface area contributed by atoms with Crippen LogP contribution in [0.1, 0.15) is 49.7 Å². The second-order valence-corrected chi connectivity index (χ2v) is 7.19. The van der Waals surface area contributed by atoms with Crippen LogP contribution in [0.4, 0.5) is 0 Å². The van der Waals surface area contributed by atoms with Gasteiger partial charge < -0.3 is 13.9 Å². The van der Waals surface area contributed by atoms with Gasteiger partial charge in [-0.25, -0.2) is 9.59 Å². The molecule has 140 valence electrons. The van der Waals surface area contributed by atoms with Crippen molar-refractivity contribution in [3.05, 3.63) is 39.9 Å². The zero-order valence-corrected chi connectivity index (χ0v) is 16.1. The Morgan fingerprint density at radius 3 is 1.85 bits per heavy atom. The SMILES string of the molecule is COC(=O)C(=C(C1CC1)C1CC1)/C(C(=O)OC)=C(/C)c1cc(C)oc1C. The summed E-state index contributed by atoms with van der Waals surface area (Å²) in [7, 11) is 2.70. The molecule has 0 amide bonds. The van der Waals surface area contributed by atoms with Gasteiger partial charge in [0.05, 0.1) is 25.4 Å². The number of furan rings is 1. The number of ether oxygens (including phenoxy) is 2. The Morgan fingerprint density at radius 2 is 1.46 bits per heavy atom. The van der Waals surface area contributed by atoms with E-state index in [2.05, 4.69) is 0 Å². The zero-order valence-electron chi connectivity index (χ0n) is 16.1. The van der Waals surface area contributed by atoms with Crippen molar-refractivity contribution in [2.24, 2.45) is 11.8 Å². The molecule has 1 heterocycles. The van der Waals surface area contributed by atoms with Crippen molar-refractivity contribution >= 4 is 17.5 Å². The summed E-state index contributed by atoms with van der Waals surface area (Å²) in [6.07, 6.45) is 4.24. The van der Waals surface area contributed by atoms with E-state index >= 15 is 0 Å². The van der Waals surface area contributed by atoms with Crippen LogP contribution >= 0.6 is 0 Å². The molecule has 1 aromatic rings. The number of carbonyl (C=O) groups excluding carboxylic acids is 2. The average Bonchev–Trinajstić information content (AvgIpc) is 3.52. The van der Waals surface area contributed by atoms with Crippen LogP contribution in [0.3, 0.4) is 0 Å². The van der Waals surface area contributed by atoms with Crippen molar-refractivity contribution in [1.82, 2.24) is 0 Å². The molecule has 0 spiro atoms. The van der Waals surface area contributed by atoms with Crippen molar-refractivity contribution in [3.63, 3.8) is 0 Å². The molecule has 1 aromatic heterocycles. The Morgan fingerprint density at radius 1 is 0.962 bits per heavy atom. The van der Waals surface area contributed by atoms with E-state index in [9.17, 15) is 9.59 Å². The molecule has 26 heavy (non-hydrogen) atoms. The van der Waals surface area contributed by atoms with Crippen LogP contribution in [0.5, 0.6) is 0 Å². The van der Waals surface area contributed by atoms with E-state index in [4.69, 9.17) is 13.9 Å². The molecule has 2 saturated carbocycles. The van der Waals surface area contributed by atoms with Gasteiger partial charge in [0.25, 0.3) is 0 Å². The van der Waals surface area contributed by atoms with E-state index in [1.807, 2.05) is 26.8 Å². The molecule has 2 aliphatic carbocycles. The Kier molecular flexibility index (Phi) is 5.08. The summed E-state index contributed by atoms with van der Waals surface area (Å²) in [6.45, 7) is 5.55. The molecule has 0 saturated heterocycles. The lowest BCUT2D eigenvalue weighted by molar-refractivity contribution is -0.139. The maximum atomic E-state index is 12.8. The molecule has 0 N–H and O–H groups in total. The van der Waals surface area contributed by atoms with Crippen LogP contribution in [0.15, 0.2) is 27.2 Å².